The van der Waals surface area contributed by atoms with Crippen molar-refractivity contribution >= 4 is 27.1 Å². The summed E-state index contributed by atoms with van der Waals surface area (Å²) in [6.07, 6.45) is -4.43. The second-order valence-electron chi connectivity index (χ2n) is 4.64. The monoisotopic (exact) mass is 370 g/mol. The SMILES string of the molecule is C/C(=C(\c1ccc(OCBr)cc1)C(F)(F)F)c1ccccc1. The zero-order valence-electron chi connectivity index (χ0n) is 11.8. The summed E-state index contributed by atoms with van der Waals surface area (Å²) in [5.41, 5.74) is 0.523. The third-order valence-electron chi connectivity index (χ3n) is 3.23. The molecule has 2 rings (SSSR count). The molecule has 0 unspecified atom stereocenters. The molecule has 0 bridgehead atoms. The van der Waals surface area contributed by atoms with Crippen LogP contribution in [0.3, 0.4) is 0 Å². The Balaban J connectivity index is 2.52. The molecule has 0 fully saturated rings. The molecule has 22 heavy (non-hydrogen) atoms. The number of ether oxygens (including phenoxy) is 1. The first-order valence-corrected chi connectivity index (χ1v) is 7.68. The van der Waals surface area contributed by atoms with Gasteiger partial charge in [-0.3, -0.25) is 0 Å². The maximum atomic E-state index is 13.5. The quantitative estimate of drug-likeness (QED) is 0.480. The summed E-state index contributed by atoms with van der Waals surface area (Å²) in [6.45, 7) is 1.49. The molecule has 0 saturated heterocycles. The third kappa shape index (κ3) is 3.91. The van der Waals surface area contributed by atoms with E-state index in [2.05, 4.69) is 15.9 Å². The van der Waals surface area contributed by atoms with Crippen molar-refractivity contribution in [3.63, 3.8) is 0 Å². The fourth-order valence-electron chi connectivity index (χ4n) is 2.21. The highest BCUT2D eigenvalue weighted by Crippen LogP contribution is 2.39. The maximum Gasteiger partial charge on any atom is 0.417 e. The maximum absolute atomic E-state index is 13.5. The summed E-state index contributed by atoms with van der Waals surface area (Å²) in [5.74, 6) is 0.513. The first-order chi connectivity index (χ1) is 10.4. The zero-order valence-corrected chi connectivity index (χ0v) is 13.4. The van der Waals surface area contributed by atoms with Gasteiger partial charge in [0.25, 0.3) is 0 Å². The van der Waals surface area contributed by atoms with E-state index < -0.39 is 11.7 Å². The molecule has 2 aromatic carbocycles. The molecule has 116 valence electrons. The van der Waals surface area contributed by atoms with Crippen LogP contribution in [0.4, 0.5) is 13.2 Å². The van der Waals surface area contributed by atoms with Gasteiger partial charge in [-0.2, -0.15) is 13.2 Å². The number of benzene rings is 2. The van der Waals surface area contributed by atoms with Gasteiger partial charge >= 0.3 is 6.18 Å². The lowest BCUT2D eigenvalue weighted by molar-refractivity contribution is -0.0685. The number of alkyl halides is 4. The van der Waals surface area contributed by atoms with Crippen LogP contribution in [-0.4, -0.2) is 11.7 Å². The van der Waals surface area contributed by atoms with Gasteiger partial charge in [-0.05, 0) is 51.7 Å². The number of hydrogen-bond acceptors (Lipinski definition) is 1. The summed E-state index contributed by atoms with van der Waals surface area (Å²) in [5, 5.41) is 0. The van der Waals surface area contributed by atoms with Crippen molar-refractivity contribution in [2.45, 2.75) is 13.1 Å². The van der Waals surface area contributed by atoms with E-state index in [0.717, 1.165) is 0 Å². The van der Waals surface area contributed by atoms with E-state index in [9.17, 15) is 13.2 Å². The van der Waals surface area contributed by atoms with E-state index in [0.29, 0.717) is 11.3 Å². The molecular formula is C17H14BrF3O. The van der Waals surface area contributed by atoms with Crippen LogP contribution in [0.2, 0.25) is 0 Å². The first-order valence-electron chi connectivity index (χ1n) is 6.56. The van der Waals surface area contributed by atoms with Gasteiger partial charge < -0.3 is 4.74 Å². The molecule has 0 heterocycles. The first kappa shape index (κ1) is 16.6. The lowest BCUT2D eigenvalue weighted by atomic mass is 9.95. The molecule has 0 aliphatic rings. The van der Waals surface area contributed by atoms with Gasteiger partial charge in [-0.25, -0.2) is 0 Å². The van der Waals surface area contributed by atoms with Crippen LogP contribution in [0.15, 0.2) is 54.6 Å². The van der Waals surface area contributed by atoms with Crippen LogP contribution in [0.5, 0.6) is 5.75 Å². The number of halogens is 4. The van der Waals surface area contributed by atoms with Crippen molar-refractivity contribution < 1.29 is 17.9 Å². The average molecular weight is 371 g/mol. The van der Waals surface area contributed by atoms with Crippen LogP contribution < -0.4 is 4.74 Å². The summed E-state index contributed by atoms with van der Waals surface area (Å²) < 4.78 is 45.7. The molecule has 0 aliphatic heterocycles. The highest BCUT2D eigenvalue weighted by atomic mass is 79.9. The third-order valence-corrected chi connectivity index (χ3v) is 3.46. The predicted molar refractivity (Wildman–Crippen MR) is 85.8 cm³/mol. The zero-order chi connectivity index (χ0) is 16.2. The average Bonchev–Trinajstić information content (AvgIpc) is 2.49. The fourth-order valence-corrected chi connectivity index (χ4v) is 2.47. The molecule has 0 radical (unpaired) electrons. The van der Waals surface area contributed by atoms with Crippen molar-refractivity contribution in [3.05, 3.63) is 65.7 Å². The van der Waals surface area contributed by atoms with E-state index in [-0.39, 0.29) is 16.7 Å². The van der Waals surface area contributed by atoms with Crippen molar-refractivity contribution in [1.82, 2.24) is 0 Å². The topological polar surface area (TPSA) is 9.23 Å². The van der Waals surface area contributed by atoms with E-state index in [1.165, 1.54) is 31.2 Å². The highest BCUT2D eigenvalue weighted by molar-refractivity contribution is 9.09. The fraction of sp³-hybridized carbons (Fsp3) is 0.176. The number of rotatable bonds is 4. The Bertz CT molecular complexity index is 646. The second-order valence-corrected chi connectivity index (χ2v) is 5.10. The van der Waals surface area contributed by atoms with Crippen LogP contribution >= 0.6 is 15.9 Å². The highest BCUT2D eigenvalue weighted by Gasteiger charge is 2.36. The summed E-state index contributed by atoms with van der Waals surface area (Å²) >= 11 is 3.11. The molecule has 0 aromatic heterocycles. The molecule has 1 nitrogen and oxygen atoms in total. The Morgan fingerprint density at radius 1 is 0.955 bits per heavy atom. The van der Waals surface area contributed by atoms with E-state index >= 15 is 0 Å². The number of allylic oxidation sites excluding steroid dienone is 2. The Hall–Kier alpha value is -1.75. The van der Waals surface area contributed by atoms with Gasteiger partial charge in [0.05, 0.1) is 5.57 Å². The molecule has 0 spiro atoms. The molecule has 0 N–H and O–H groups in total. The molecular weight excluding hydrogens is 357 g/mol. The van der Waals surface area contributed by atoms with Gasteiger partial charge in [0, 0.05) is 0 Å². The Labute approximate surface area is 135 Å². The van der Waals surface area contributed by atoms with Crippen molar-refractivity contribution in [2.24, 2.45) is 0 Å². The lowest BCUT2D eigenvalue weighted by Crippen LogP contribution is -2.12. The van der Waals surface area contributed by atoms with Gasteiger partial charge in [-0.1, -0.05) is 42.5 Å². The second kappa shape index (κ2) is 7.01. The normalized spacial score (nSPS) is 12.8. The van der Waals surface area contributed by atoms with Gasteiger partial charge in [0.1, 0.15) is 11.3 Å². The molecule has 0 aliphatic carbocycles. The minimum Gasteiger partial charge on any atom is -0.482 e. The molecule has 5 heteroatoms. The molecule has 0 atom stereocenters. The Kier molecular flexibility index (Phi) is 5.29. The summed E-state index contributed by atoms with van der Waals surface area (Å²) in [4.78, 5) is 0. The van der Waals surface area contributed by atoms with Gasteiger partial charge in [-0.15, -0.1) is 0 Å². The van der Waals surface area contributed by atoms with E-state index in [1.807, 2.05) is 0 Å². The van der Waals surface area contributed by atoms with Crippen LogP contribution in [-0.2, 0) is 0 Å². The van der Waals surface area contributed by atoms with E-state index in [4.69, 9.17) is 4.74 Å². The van der Waals surface area contributed by atoms with Crippen molar-refractivity contribution in [1.29, 1.82) is 0 Å². The lowest BCUT2D eigenvalue weighted by Gasteiger charge is -2.17. The minimum atomic E-state index is -4.43. The summed E-state index contributed by atoms with van der Waals surface area (Å²) in [6, 6.07) is 14.5. The Morgan fingerprint density at radius 2 is 1.55 bits per heavy atom. The van der Waals surface area contributed by atoms with E-state index in [1.54, 1.807) is 30.3 Å². The largest absolute Gasteiger partial charge is 0.482 e. The summed E-state index contributed by atoms with van der Waals surface area (Å²) in [7, 11) is 0. The Morgan fingerprint density at radius 3 is 2.05 bits per heavy atom. The number of hydrogen-bond donors (Lipinski definition) is 0. The van der Waals surface area contributed by atoms with Crippen molar-refractivity contribution in [3.8, 4) is 5.75 Å². The minimum absolute atomic E-state index is 0.121. The van der Waals surface area contributed by atoms with Gasteiger partial charge in [0.15, 0.2) is 0 Å². The van der Waals surface area contributed by atoms with Crippen molar-refractivity contribution in [2.75, 3.05) is 5.52 Å². The molecule has 0 amide bonds. The van der Waals surface area contributed by atoms with Crippen LogP contribution in [0, 0.1) is 0 Å². The van der Waals surface area contributed by atoms with Gasteiger partial charge in [0.2, 0.25) is 0 Å². The molecule has 2 aromatic rings. The standard InChI is InChI=1S/C17H14BrF3O/c1-12(13-5-3-2-4-6-13)16(17(19,20)21)14-7-9-15(10-8-14)22-11-18/h2-10H,11H2,1H3/b16-12-. The smallest absolute Gasteiger partial charge is 0.417 e. The van der Waals surface area contributed by atoms with Crippen LogP contribution in [0.1, 0.15) is 18.1 Å². The predicted octanol–water partition coefficient (Wildman–Crippen LogP) is 5.91. The molecule has 0 saturated carbocycles. The van der Waals surface area contributed by atoms with Crippen LogP contribution in [0.25, 0.3) is 11.1 Å².